The predicted octanol–water partition coefficient (Wildman–Crippen LogP) is 4.89. The molecule has 0 spiro atoms. The number of hydrogen-bond acceptors (Lipinski definition) is 2. The summed E-state index contributed by atoms with van der Waals surface area (Å²) in [6.07, 6.45) is 1.81. The zero-order chi connectivity index (χ0) is 18.1. The molecule has 1 heterocycles. The minimum atomic E-state index is -0.140. The second kappa shape index (κ2) is 6.48. The third kappa shape index (κ3) is 2.97. The standard InChI is InChI=1S/C22H19N3O/c1-15-8-10-20(16(2)12-15)25-14-23-19-13-17(9-11-21(19)25)22(26)24-18-6-4-3-5-7-18/h3-14H,1-2H3,(H,24,26). The van der Waals surface area contributed by atoms with Gasteiger partial charge in [-0.1, -0.05) is 35.9 Å². The number of rotatable bonds is 3. The Morgan fingerprint density at radius 3 is 2.54 bits per heavy atom. The highest BCUT2D eigenvalue weighted by atomic mass is 16.1. The van der Waals surface area contributed by atoms with Gasteiger partial charge in [0.1, 0.15) is 6.33 Å². The van der Waals surface area contributed by atoms with Crippen LogP contribution >= 0.6 is 0 Å². The van der Waals surface area contributed by atoms with Gasteiger partial charge in [-0.3, -0.25) is 9.36 Å². The highest BCUT2D eigenvalue weighted by Gasteiger charge is 2.11. The molecule has 4 rings (SSSR count). The molecular formula is C22H19N3O. The molecule has 0 saturated carbocycles. The van der Waals surface area contributed by atoms with E-state index in [1.165, 1.54) is 11.1 Å². The van der Waals surface area contributed by atoms with Crippen molar-refractivity contribution in [1.29, 1.82) is 0 Å². The number of fused-ring (bicyclic) bond motifs is 1. The average Bonchev–Trinajstić information content (AvgIpc) is 3.05. The zero-order valence-electron chi connectivity index (χ0n) is 14.7. The third-order valence-electron chi connectivity index (χ3n) is 4.45. The summed E-state index contributed by atoms with van der Waals surface area (Å²) < 4.78 is 2.06. The van der Waals surface area contributed by atoms with Crippen LogP contribution in [-0.4, -0.2) is 15.5 Å². The van der Waals surface area contributed by atoms with E-state index in [0.29, 0.717) is 5.56 Å². The number of aromatic nitrogens is 2. The zero-order valence-corrected chi connectivity index (χ0v) is 14.7. The summed E-state index contributed by atoms with van der Waals surface area (Å²) in [6.45, 7) is 4.18. The van der Waals surface area contributed by atoms with Crippen LogP contribution < -0.4 is 5.32 Å². The number of imidazole rings is 1. The van der Waals surface area contributed by atoms with E-state index in [4.69, 9.17) is 0 Å². The number of carbonyl (C=O) groups excluding carboxylic acids is 1. The number of para-hydroxylation sites is 1. The Balaban J connectivity index is 1.68. The van der Waals surface area contributed by atoms with Crippen molar-refractivity contribution in [3.05, 3.63) is 89.7 Å². The molecule has 1 amide bonds. The summed E-state index contributed by atoms with van der Waals surface area (Å²) in [5.41, 5.74) is 6.66. The van der Waals surface area contributed by atoms with Crippen molar-refractivity contribution in [3.63, 3.8) is 0 Å². The summed E-state index contributed by atoms with van der Waals surface area (Å²) in [5, 5.41) is 2.90. The summed E-state index contributed by atoms with van der Waals surface area (Å²) in [4.78, 5) is 17.0. The first-order valence-corrected chi connectivity index (χ1v) is 8.53. The Hall–Kier alpha value is -3.40. The van der Waals surface area contributed by atoms with Crippen LogP contribution in [0.25, 0.3) is 16.7 Å². The lowest BCUT2D eigenvalue weighted by Gasteiger charge is -2.09. The number of hydrogen-bond donors (Lipinski definition) is 1. The van der Waals surface area contributed by atoms with Gasteiger partial charge < -0.3 is 5.32 Å². The molecule has 1 aromatic heterocycles. The molecule has 26 heavy (non-hydrogen) atoms. The number of carbonyl (C=O) groups is 1. The van der Waals surface area contributed by atoms with E-state index in [2.05, 4.69) is 46.9 Å². The number of nitrogens with zero attached hydrogens (tertiary/aromatic N) is 2. The summed E-state index contributed by atoms with van der Waals surface area (Å²) in [7, 11) is 0. The molecule has 1 N–H and O–H groups in total. The van der Waals surface area contributed by atoms with Crippen molar-refractivity contribution in [3.8, 4) is 5.69 Å². The molecule has 4 nitrogen and oxygen atoms in total. The first kappa shape index (κ1) is 16.1. The van der Waals surface area contributed by atoms with E-state index in [1.54, 1.807) is 6.33 Å². The number of aryl methyl sites for hydroxylation is 2. The summed E-state index contributed by atoms with van der Waals surface area (Å²) in [5.74, 6) is -0.140. The highest BCUT2D eigenvalue weighted by molar-refractivity contribution is 6.06. The average molecular weight is 341 g/mol. The van der Waals surface area contributed by atoms with E-state index >= 15 is 0 Å². The molecule has 0 unspecified atom stereocenters. The minimum absolute atomic E-state index is 0.140. The molecule has 0 aliphatic heterocycles. The number of benzene rings is 3. The Bertz CT molecular complexity index is 1100. The second-order valence-electron chi connectivity index (χ2n) is 6.43. The maximum absolute atomic E-state index is 12.5. The van der Waals surface area contributed by atoms with Crippen molar-refractivity contribution < 1.29 is 4.79 Å². The quantitative estimate of drug-likeness (QED) is 0.576. The lowest BCUT2D eigenvalue weighted by atomic mass is 10.1. The van der Waals surface area contributed by atoms with Crippen LogP contribution in [0.3, 0.4) is 0 Å². The van der Waals surface area contributed by atoms with Crippen molar-refractivity contribution in [2.75, 3.05) is 5.32 Å². The van der Waals surface area contributed by atoms with Crippen molar-refractivity contribution >= 4 is 22.6 Å². The van der Waals surface area contributed by atoms with Gasteiger partial charge in [0.05, 0.1) is 16.7 Å². The lowest BCUT2D eigenvalue weighted by Crippen LogP contribution is -2.11. The van der Waals surface area contributed by atoms with Gasteiger partial charge in [0.25, 0.3) is 5.91 Å². The third-order valence-corrected chi connectivity index (χ3v) is 4.45. The van der Waals surface area contributed by atoms with Crippen LogP contribution in [0, 0.1) is 13.8 Å². The van der Waals surface area contributed by atoms with Gasteiger partial charge in [0.15, 0.2) is 0 Å². The van der Waals surface area contributed by atoms with Gasteiger partial charge in [-0.05, 0) is 55.8 Å². The van der Waals surface area contributed by atoms with Gasteiger partial charge in [-0.2, -0.15) is 0 Å². The normalized spacial score (nSPS) is 10.8. The van der Waals surface area contributed by atoms with Crippen LogP contribution in [0.5, 0.6) is 0 Å². The molecule has 0 bridgehead atoms. The maximum atomic E-state index is 12.5. The fourth-order valence-corrected chi connectivity index (χ4v) is 3.15. The van der Waals surface area contributed by atoms with Crippen LogP contribution in [-0.2, 0) is 0 Å². The fourth-order valence-electron chi connectivity index (χ4n) is 3.15. The van der Waals surface area contributed by atoms with E-state index in [1.807, 2.05) is 48.5 Å². The largest absolute Gasteiger partial charge is 0.322 e. The smallest absolute Gasteiger partial charge is 0.255 e. The number of amides is 1. The molecule has 3 aromatic carbocycles. The van der Waals surface area contributed by atoms with Crippen LogP contribution in [0.2, 0.25) is 0 Å². The van der Waals surface area contributed by atoms with Gasteiger partial charge >= 0.3 is 0 Å². The van der Waals surface area contributed by atoms with Gasteiger partial charge in [0, 0.05) is 11.3 Å². The van der Waals surface area contributed by atoms with Crippen LogP contribution in [0.4, 0.5) is 5.69 Å². The number of anilines is 1. The second-order valence-corrected chi connectivity index (χ2v) is 6.43. The van der Waals surface area contributed by atoms with Crippen molar-refractivity contribution in [2.24, 2.45) is 0 Å². The SMILES string of the molecule is Cc1ccc(-n2cnc3cc(C(=O)Nc4ccccc4)ccc32)c(C)c1. The minimum Gasteiger partial charge on any atom is -0.322 e. The molecule has 128 valence electrons. The first-order valence-electron chi connectivity index (χ1n) is 8.53. The predicted molar refractivity (Wildman–Crippen MR) is 105 cm³/mol. The Kier molecular flexibility index (Phi) is 4.01. The molecule has 0 radical (unpaired) electrons. The van der Waals surface area contributed by atoms with Crippen molar-refractivity contribution in [2.45, 2.75) is 13.8 Å². The Labute approximate surface area is 152 Å². The van der Waals surface area contributed by atoms with Crippen LogP contribution in [0.15, 0.2) is 73.1 Å². The Morgan fingerprint density at radius 2 is 1.77 bits per heavy atom. The number of nitrogens with one attached hydrogen (secondary N) is 1. The van der Waals surface area contributed by atoms with Gasteiger partial charge in [0.2, 0.25) is 0 Å². The lowest BCUT2D eigenvalue weighted by molar-refractivity contribution is 0.102. The molecule has 4 aromatic rings. The molecule has 0 aliphatic rings. The molecule has 0 fully saturated rings. The van der Waals surface area contributed by atoms with E-state index in [-0.39, 0.29) is 5.91 Å². The maximum Gasteiger partial charge on any atom is 0.255 e. The van der Waals surface area contributed by atoms with E-state index in [0.717, 1.165) is 22.4 Å². The Morgan fingerprint density at radius 1 is 0.962 bits per heavy atom. The van der Waals surface area contributed by atoms with Crippen molar-refractivity contribution in [1.82, 2.24) is 9.55 Å². The van der Waals surface area contributed by atoms with E-state index in [9.17, 15) is 4.79 Å². The summed E-state index contributed by atoms with van der Waals surface area (Å²) >= 11 is 0. The van der Waals surface area contributed by atoms with Gasteiger partial charge in [-0.15, -0.1) is 0 Å². The molecule has 0 saturated heterocycles. The summed E-state index contributed by atoms with van der Waals surface area (Å²) in [6, 6.07) is 21.4. The topological polar surface area (TPSA) is 46.9 Å². The monoisotopic (exact) mass is 341 g/mol. The first-order chi connectivity index (χ1) is 12.6. The fraction of sp³-hybridized carbons (Fsp3) is 0.0909. The molecule has 4 heteroatoms. The van der Waals surface area contributed by atoms with Gasteiger partial charge in [-0.25, -0.2) is 4.98 Å². The molecule has 0 aliphatic carbocycles. The molecule has 0 atom stereocenters. The highest BCUT2D eigenvalue weighted by Crippen LogP contribution is 2.23. The van der Waals surface area contributed by atoms with E-state index < -0.39 is 0 Å². The van der Waals surface area contributed by atoms with Crippen LogP contribution in [0.1, 0.15) is 21.5 Å². The molecular weight excluding hydrogens is 322 g/mol.